The van der Waals surface area contributed by atoms with Gasteiger partial charge < -0.3 is 19.2 Å². The number of amides is 2. The largest absolute Gasteiger partial charge is 0.472 e. The van der Waals surface area contributed by atoms with E-state index in [4.69, 9.17) is 8.94 Å². The molecule has 2 aromatic heterocycles. The number of carbonyl (C=O) groups is 2. The van der Waals surface area contributed by atoms with Gasteiger partial charge in [0.05, 0.1) is 31.5 Å². The molecule has 0 radical (unpaired) electrons. The topological polar surface area (TPSA) is 91.8 Å². The Bertz CT molecular complexity index is 668. The third-order valence-corrected chi connectivity index (χ3v) is 4.09. The van der Waals surface area contributed by atoms with Crippen LogP contribution < -0.4 is 5.32 Å². The maximum atomic E-state index is 12.5. The molecule has 1 N–H and O–H groups in total. The molecule has 2 amide bonds. The molecule has 1 atom stereocenters. The quantitative estimate of drug-likeness (QED) is 0.834. The van der Waals surface area contributed by atoms with Gasteiger partial charge >= 0.3 is 0 Å². The molecular weight excluding hydrogens is 312 g/mol. The Hall–Kier alpha value is -2.61. The summed E-state index contributed by atoms with van der Waals surface area (Å²) in [6.45, 7) is 2.21. The molecule has 2 aromatic rings. The van der Waals surface area contributed by atoms with Crippen molar-refractivity contribution in [3.05, 3.63) is 42.2 Å². The summed E-state index contributed by atoms with van der Waals surface area (Å²) in [5.41, 5.74) is 1.66. The summed E-state index contributed by atoms with van der Waals surface area (Å²) in [4.78, 5) is 28.3. The molecule has 0 saturated carbocycles. The second-order valence-electron chi connectivity index (χ2n) is 5.85. The molecule has 24 heavy (non-hydrogen) atoms. The molecule has 0 aliphatic carbocycles. The van der Waals surface area contributed by atoms with Gasteiger partial charge in [0.25, 0.3) is 0 Å². The molecular formula is C16H20N4O4. The monoisotopic (exact) mass is 332 g/mol. The highest BCUT2D eigenvalue weighted by Crippen LogP contribution is 2.15. The highest BCUT2D eigenvalue weighted by molar-refractivity contribution is 5.88. The van der Waals surface area contributed by atoms with Crippen molar-refractivity contribution in [1.82, 2.24) is 20.3 Å². The number of furan rings is 1. The van der Waals surface area contributed by atoms with Crippen molar-refractivity contribution in [2.45, 2.75) is 25.6 Å². The number of hydrogen-bond acceptors (Lipinski definition) is 6. The number of carbonyl (C=O) groups excluding carboxylic acids is 2. The van der Waals surface area contributed by atoms with E-state index < -0.39 is 6.04 Å². The molecule has 8 nitrogen and oxygen atoms in total. The standard InChI is InChI=1S/C16H20N4O4/c1-19(10-13-3-7-24-18-13)15(21)8-14-16(22)17-4-5-20(14)9-12-2-6-23-11-12/h2-3,6-7,11,14H,4-5,8-10H2,1H3,(H,17,22)/t14-/m0/s1. The summed E-state index contributed by atoms with van der Waals surface area (Å²) in [5.74, 6) is -0.231. The first-order valence-electron chi connectivity index (χ1n) is 7.79. The van der Waals surface area contributed by atoms with Crippen LogP contribution in [0.25, 0.3) is 0 Å². The van der Waals surface area contributed by atoms with Gasteiger partial charge in [0.2, 0.25) is 11.8 Å². The van der Waals surface area contributed by atoms with E-state index in [0.717, 1.165) is 5.56 Å². The molecule has 0 bridgehead atoms. The fourth-order valence-electron chi connectivity index (χ4n) is 2.76. The molecule has 0 aromatic carbocycles. The van der Waals surface area contributed by atoms with Crippen molar-refractivity contribution in [3.63, 3.8) is 0 Å². The van der Waals surface area contributed by atoms with Crippen molar-refractivity contribution in [1.29, 1.82) is 0 Å². The van der Waals surface area contributed by atoms with Crippen LogP contribution in [0.5, 0.6) is 0 Å². The zero-order valence-corrected chi connectivity index (χ0v) is 13.5. The van der Waals surface area contributed by atoms with Gasteiger partial charge in [0, 0.05) is 38.3 Å². The van der Waals surface area contributed by atoms with Gasteiger partial charge in [-0.05, 0) is 6.07 Å². The van der Waals surface area contributed by atoms with Gasteiger partial charge in [-0.3, -0.25) is 14.5 Å². The molecule has 128 valence electrons. The van der Waals surface area contributed by atoms with Crippen LogP contribution in [-0.4, -0.2) is 52.9 Å². The minimum atomic E-state index is -0.485. The van der Waals surface area contributed by atoms with E-state index in [9.17, 15) is 9.59 Å². The summed E-state index contributed by atoms with van der Waals surface area (Å²) < 4.78 is 9.85. The van der Waals surface area contributed by atoms with Gasteiger partial charge in [0.1, 0.15) is 12.0 Å². The van der Waals surface area contributed by atoms with E-state index in [1.165, 1.54) is 6.26 Å². The van der Waals surface area contributed by atoms with Crippen LogP contribution in [0.1, 0.15) is 17.7 Å². The first kappa shape index (κ1) is 16.3. The fraction of sp³-hybridized carbons (Fsp3) is 0.438. The van der Waals surface area contributed by atoms with Crippen LogP contribution in [0.15, 0.2) is 39.9 Å². The van der Waals surface area contributed by atoms with E-state index in [0.29, 0.717) is 31.9 Å². The van der Waals surface area contributed by atoms with Gasteiger partial charge in [-0.15, -0.1) is 0 Å². The Morgan fingerprint density at radius 2 is 2.33 bits per heavy atom. The molecule has 3 heterocycles. The molecule has 3 rings (SSSR count). The third-order valence-electron chi connectivity index (χ3n) is 4.09. The van der Waals surface area contributed by atoms with Crippen molar-refractivity contribution in [2.75, 3.05) is 20.1 Å². The van der Waals surface area contributed by atoms with Crippen LogP contribution in [0.3, 0.4) is 0 Å². The number of rotatable bonds is 6. The number of aromatic nitrogens is 1. The summed E-state index contributed by atoms with van der Waals surface area (Å²) >= 11 is 0. The van der Waals surface area contributed by atoms with Crippen molar-refractivity contribution in [2.24, 2.45) is 0 Å². The average molecular weight is 332 g/mol. The van der Waals surface area contributed by atoms with Crippen molar-refractivity contribution < 1.29 is 18.5 Å². The average Bonchev–Trinajstić information content (AvgIpc) is 3.24. The Balaban J connectivity index is 1.63. The molecule has 1 fully saturated rings. The second-order valence-corrected chi connectivity index (χ2v) is 5.85. The van der Waals surface area contributed by atoms with Crippen molar-refractivity contribution in [3.8, 4) is 0 Å². The minimum Gasteiger partial charge on any atom is -0.472 e. The lowest BCUT2D eigenvalue weighted by atomic mass is 10.1. The number of nitrogens with one attached hydrogen (secondary N) is 1. The van der Waals surface area contributed by atoms with Gasteiger partial charge in [-0.1, -0.05) is 5.16 Å². The fourth-order valence-corrected chi connectivity index (χ4v) is 2.76. The summed E-state index contributed by atoms with van der Waals surface area (Å²) in [6.07, 6.45) is 4.85. The Morgan fingerprint density at radius 3 is 3.04 bits per heavy atom. The highest BCUT2D eigenvalue weighted by atomic mass is 16.5. The zero-order chi connectivity index (χ0) is 16.9. The first-order chi connectivity index (χ1) is 11.6. The lowest BCUT2D eigenvalue weighted by Crippen LogP contribution is -2.56. The van der Waals surface area contributed by atoms with E-state index in [-0.39, 0.29) is 18.2 Å². The predicted molar refractivity (Wildman–Crippen MR) is 83.5 cm³/mol. The van der Waals surface area contributed by atoms with Gasteiger partial charge in [0.15, 0.2) is 0 Å². The number of nitrogens with zero attached hydrogens (tertiary/aromatic N) is 3. The molecule has 0 spiro atoms. The summed E-state index contributed by atoms with van der Waals surface area (Å²) in [7, 11) is 1.69. The van der Waals surface area contributed by atoms with E-state index in [2.05, 4.69) is 10.5 Å². The van der Waals surface area contributed by atoms with Crippen LogP contribution in [0.2, 0.25) is 0 Å². The van der Waals surface area contributed by atoms with Crippen LogP contribution in [0, 0.1) is 0 Å². The predicted octanol–water partition coefficient (Wildman–Crippen LogP) is 0.617. The van der Waals surface area contributed by atoms with Crippen molar-refractivity contribution >= 4 is 11.8 Å². The molecule has 1 aliphatic rings. The maximum Gasteiger partial charge on any atom is 0.237 e. The first-order valence-corrected chi connectivity index (χ1v) is 7.79. The lowest BCUT2D eigenvalue weighted by Gasteiger charge is -2.35. The number of hydrogen-bond donors (Lipinski definition) is 1. The third kappa shape index (κ3) is 3.83. The Kier molecular flexibility index (Phi) is 4.95. The van der Waals surface area contributed by atoms with Crippen LogP contribution in [0.4, 0.5) is 0 Å². The van der Waals surface area contributed by atoms with E-state index in [1.807, 2.05) is 11.0 Å². The smallest absolute Gasteiger partial charge is 0.237 e. The lowest BCUT2D eigenvalue weighted by molar-refractivity contribution is -0.138. The second kappa shape index (κ2) is 7.31. The Labute approximate surface area is 139 Å². The molecule has 8 heteroatoms. The van der Waals surface area contributed by atoms with E-state index in [1.54, 1.807) is 30.5 Å². The zero-order valence-electron chi connectivity index (χ0n) is 13.5. The number of piperazine rings is 1. The summed E-state index contributed by atoms with van der Waals surface area (Å²) in [5, 5.41) is 6.63. The van der Waals surface area contributed by atoms with Gasteiger partial charge in [-0.25, -0.2) is 0 Å². The molecule has 1 saturated heterocycles. The maximum absolute atomic E-state index is 12.5. The minimum absolute atomic E-state index is 0.114. The Morgan fingerprint density at radius 1 is 1.46 bits per heavy atom. The highest BCUT2D eigenvalue weighted by Gasteiger charge is 2.32. The van der Waals surface area contributed by atoms with Gasteiger partial charge in [-0.2, -0.15) is 0 Å². The normalized spacial score (nSPS) is 18.4. The van der Waals surface area contributed by atoms with Crippen LogP contribution >= 0.6 is 0 Å². The van der Waals surface area contributed by atoms with Crippen LogP contribution in [-0.2, 0) is 22.7 Å². The molecule has 1 aliphatic heterocycles. The molecule has 0 unspecified atom stereocenters. The summed E-state index contributed by atoms with van der Waals surface area (Å²) in [6, 6.07) is 3.09. The van der Waals surface area contributed by atoms with E-state index >= 15 is 0 Å². The SMILES string of the molecule is CN(Cc1ccon1)C(=O)C[C@H]1C(=O)NCCN1Cc1ccoc1.